The molecule has 0 saturated carbocycles. The van der Waals surface area contributed by atoms with E-state index in [1.165, 1.54) is 32.1 Å². The third kappa shape index (κ3) is 10.8. The zero-order valence-corrected chi connectivity index (χ0v) is 25.0. The van der Waals surface area contributed by atoms with Crippen LogP contribution in [0.15, 0.2) is 36.4 Å². The SMILES string of the molecule is CCCCC(CC)COc1ccc(PC(=O)c2c(C)cccc2Cl)c(OCC(CC)CCCC)c1.[Li]. The van der Waals surface area contributed by atoms with Crippen molar-refractivity contribution in [2.75, 3.05) is 13.2 Å². The van der Waals surface area contributed by atoms with Crippen molar-refractivity contribution in [3.05, 3.63) is 52.5 Å². The summed E-state index contributed by atoms with van der Waals surface area (Å²) in [6, 6.07) is 11.5. The van der Waals surface area contributed by atoms with Crippen LogP contribution in [0.2, 0.25) is 5.02 Å². The number of hydrogen-bond acceptors (Lipinski definition) is 3. The van der Waals surface area contributed by atoms with Gasteiger partial charge < -0.3 is 9.47 Å². The molecule has 2 aromatic rings. The van der Waals surface area contributed by atoms with Crippen molar-refractivity contribution in [1.82, 2.24) is 0 Å². The van der Waals surface area contributed by atoms with Crippen molar-refractivity contribution in [1.29, 1.82) is 0 Å². The van der Waals surface area contributed by atoms with Crippen LogP contribution in [0.25, 0.3) is 0 Å². The molecule has 2 aromatic carbocycles. The predicted molar refractivity (Wildman–Crippen MR) is 158 cm³/mol. The summed E-state index contributed by atoms with van der Waals surface area (Å²) in [6.07, 6.45) is 9.39. The molecule has 0 aliphatic rings. The molecule has 6 heteroatoms. The molecule has 0 saturated heterocycles. The first-order valence-corrected chi connectivity index (χ1v) is 14.8. The minimum absolute atomic E-state index is 0. The van der Waals surface area contributed by atoms with Gasteiger partial charge in [-0.1, -0.05) is 90.0 Å². The second-order valence-corrected chi connectivity index (χ2v) is 11.1. The van der Waals surface area contributed by atoms with Crippen LogP contribution in [0.3, 0.4) is 0 Å². The zero-order valence-electron chi connectivity index (χ0n) is 23.3. The Labute approximate surface area is 238 Å². The van der Waals surface area contributed by atoms with Crippen molar-refractivity contribution in [3.8, 4) is 11.5 Å². The van der Waals surface area contributed by atoms with E-state index in [4.69, 9.17) is 21.1 Å². The fraction of sp³-hybridized carbons (Fsp3) is 0.567. The molecule has 0 amide bonds. The first kappa shape index (κ1) is 33.1. The van der Waals surface area contributed by atoms with Crippen molar-refractivity contribution >= 4 is 49.9 Å². The monoisotopic (exact) mass is 525 g/mol. The summed E-state index contributed by atoms with van der Waals surface area (Å²) in [6.45, 7) is 12.2. The Hall–Kier alpha value is -0.973. The molecule has 0 aromatic heterocycles. The molecule has 3 nitrogen and oxygen atoms in total. The van der Waals surface area contributed by atoms with Crippen LogP contribution in [0.1, 0.15) is 95.0 Å². The van der Waals surface area contributed by atoms with E-state index in [2.05, 4.69) is 27.7 Å². The maximum absolute atomic E-state index is 13.2. The first-order chi connectivity index (χ1) is 16.9. The molecule has 0 fully saturated rings. The summed E-state index contributed by atoms with van der Waals surface area (Å²) in [5.74, 6) is 2.64. The summed E-state index contributed by atoms with van der Waals surface area (Å²) in [5.41, 5.74) is 1.55. The molecular formula is C30H44ClLiO3P. The number of carbonyl (C=O) groups is 1. The van der Waals surface area contributed by atoms with E-state index in [0.29, 0.717) is 35.6 Å². The summed E-state index contributed by atoms with van der Waals surface area (Å²) in [7, 11) is -0.0578. The van der Waals surface area contributed by atoms with Gasteiger partial charge in [0.15, 0.2) is 5.52 Å². The second kappa shape index (κ2) is 18.3. The van der Waals surface area contributed by atoms with Gasteiger partial charge in [-0.25, -0.2) is 0 Å². The van der Waals surface area contributed by atoms with E-state index in [9.17, 15) is 4.79 Å². The fourth-order valence-electron chi connectivity index (χ4n) is 4.14. The third-order valence-corrected chi connectivity index (χ3v) is 8.17. The van der Waals surface area contributed by atoms with Gasteiger partial charge in [-0.3, -0.25) is 4.79 Å². The van der Waals surface area contributed by atoms with E-state index < -0.39 is 0 Å². The minimum Gasteiger partial charge on any atom is -0.493 e. The largest absolute Gasteiger partial charge is 0.493 e. The van der Waals surface area contributed by atoms with Gasteiger partial charge in [0.25, 0.3) is 0 Å². The number of unbranched alkanes of at least 4 members (excludes halogenated alkanes) is 2. The Kier molecular flexibility index (Phi) is 16.8. The smallest absolute Gasteiger partial charge is 0.187 e. The molecule has 1 radical (unpaired) electrons. The van der Waals surface area contributed by atoms with Crippen LogP contribution in [0.4, 0.5) is 0 Å². The molecule has 2 rings (SSSR count). The van der Waals surface area contributed by atoms with Gasteiger partial charge in [0.05, 0.1) is 18.2 Å². The molecule has 3 unspecified atom stereocenters. The maximum Gasteiger partial charge on any atom is 0.187 e. The van der Waals surface area contributed by atoms with Gasteiger partial charge in [0.2, 0.25) is 0 Å². The first-order valence-electron chi connectivity index (χ1n) is 13.4. The van der Waals surface area contributed by atoms with Gasteiger partial charge in [0.1, 0.15) is 11.5 Å². The molecule has 0 aliphatic heterocycles. The number of carbonyl (C=O) groups excluding carboxylic acids is 1. The van der Waals surface area contributed by atoms with E-state index in [1.54, 1.807) is 6.07 Å². The van der Waals surface area contributed by atoms with Crippen LogP contribution in [-0.4, -0.2) is 37.6 Å². The third-order valence-electron chi connectivity index (χ3n) is 6.70. The predicted octanol–water partition coefficient (Wildman–Crippen LogP) is 8.60. The summed E-state index contributed by atoms with van der Waals surface area (Å²) < 4.78 is 12.6. The molecular weight excluding hydrogens is 482 g/mol. The molecule has 3 atom stereocenters. The Morgan fingerprint density at radius 2 is 1.53 bits per heavy atom. The average Bonchev–Trinajstić information content (AvgIpc) is 2.85. The van der Waals surface area contributed by atoms with E-state index in [1.807, 2.05) is 37.3 Å². The number of rotatable bonds is 17. The number of halogens is 1. The van der Waals surface area contributed by atoms with Gasteiger partial charge in [-0.2, -0.15) is 0 Å². The van der Waals surface area contributed by atoms with Crippen molar-refractivity contribution in [3.63, 3.8) is 0 Å². The quantitative estimate of drug-likeness (QED) is 0.153. The Morgan fingerprint density at radius 3 is 2.08 bits per heavy atom. The summed E-state index contributed by atoms with van der Waals surface area (Å²) in [5, 5.41) is 1.42. The van der Waals surface area contributed by atoms with Crippen LogP contribution in [0, 0.1) is 18.8 Å². The van der Waals surface area contributed by atoms with Crippen LogP contribution < -0.4 is 14.8 Å². The Morgan fingerprint density at radius 1 is 0.917 bits per heavy atom. The Balaban J connectivity index is 0.00000648. The molecule has 0 aliphatic carbocycles. The number of ether oxygens (including phenoxy) is 2. The van der Waals surface area contributed by atoms with Crippen LogP contribution in [-0.2, 0) is 0 Å². The molecule has 0 bridgehead atoms. The summed E-state index contributed by atoms with van der Waals surface area (Å²) in [4.78, 5) is 13.2. The van der Waals surface area contributed by atoms with Crippen LogP contribution in [0.5, 0.6) is 11.5 Å². The molecule has 195 valence electrons. The second-order valence-electron chi connectivity index (χ2n) is 9.50. The van der Waals surface area contributed by atoms with Gasteiger partial charge in [-0.15, -0.1) is 0 Å². The molecule has 36 heavy (non-hydrogen) atoms. The van der Waals surface area contributed by atoms with Crippen molar-refractivity contribution in [2.24, 2.45) is 11.8 Å². The average molecular weight is 526 g/mol. The van der Waals surface area contributed by atoms with Crippen LogP contribution >= 0.6 is 20.2 Å². The number of aryl methyl sites for hydroxylation is 1. The molecule has 0 N–H and O–H groups in total. The van der Waals surface area contributed by atoms with E-state index >= 15 is 0 Å². The maximum atomic E-state index is 13.2. The summed E-state index contributed by atoms with van der Waals surface area (Å²) >= 11 is 6.38. The number of benzene rings is 2. The normalized spacial score (nSPS) is 12.8. The van der Waals surface area contributed by atoms with Crippen molar-refractivity contribution < 1.29 is 14.3 Å². The minimum atomic E-state index is -0.0578. The topological polar surface area (TPSA) is 35.5 Å². The van der Waals surface area contributed by atoms with E-state index in [-0.39, 0.29) is 33.0 Å². The van der Waals surface area contributed by atoms with Crippen molar-refractivity contribution in [2.45, 2.75) is 86.0 Å². The number of hydrogen-bond donors (Lipinski definition) is 0. The van der Waals surface area contributed by atoms with Gasteiger partial charge in [-0.05, 0) is 63.9 Å². The molecule has 0 spiro atoms. The van der Waals surface area contributed by atoms with E-state index in [0.717, 1.165) is 41.6 Å². The fourth-order valence-corrected chi connectivity index (χ4v) is 5.66. The molecule has 0 heterocycles. The Bertz CT molecular complexity index is 901. The standard InChI is InChI=1S/C30H44ClO3P.Li/c1-6-10-14-23(8-3)20-33-25-17-18-28(27(19-25)34-21-24(9-4)15-11-7-2)35-30(32)29-22(5)13-12-16-26(29)31;/h12-13,16-19,23-24,35H,6-11,14-15,20-21H2,1-5H3;. The van der Waals surface area contributed by atoms with Gasteiger partial charge >= 0.3 is 0 Å². The zero-order chi connectivity index (χ0) is 25.6. The van der Waals surface area contributed by atoms with Gasteiger partial charge in [0, 0.05) is 35.8 Å².